The number of hydrogen-bond donors (Lipinski definition) is 2. The molecule has 0 fully saturated rings. The number of hydrogen-bond acceptors (Lipinski definition) is 3. The molecule has 4 nitrogen and oxygen atoms in total. The minimum atomic E-state index is -4.80. The molecule has 0 atom stereocenters. The molecule has 0 aliphatic carbocycles. The van der Waals surface area contributed by atoms with Gasteiger partial charge >= 0.3 is 6.18 Å². The van der Waals surface area contributed by atoms with Gasteiger partial charge in [-0.3, -0.25) is 20.4 Å². The first kappa shape index (κ1) is 19.2. The molecule has 1 amide bonds. The zero-order chi connectivity index (χ0) is 17.8. The molecule has 0 aliphatic heterocycles. The van der Waals surface area contributed by atoms with Crippen LogP contribution in [0.3, 0.4) is 0 Å². The van der Waals surface area contributed by atoms with E-state index in [1.165, 1.54) is 32.9 Å². The van der Waals surface area contributed by atoms with Gasteiger partial charge in [0.25, 0.3) is 5.91 Å². The van der Waals surface area contributed by atoms with Gasteiger partial charge in [0.05, 0.1) is 0 Å². The molecule has 1 aromatic carbocycles. The van der Waals surface area contributed by atoms with E-state index in [9.17, 15) is 22.8 Å². The van der Waals surface area contributed by atoms with Gasteiger partial charge in [0.1, 0.15) is 5.70 Å². The van der Waals surface area contributed by atoms with E-state index in [1.807, 2.05) is 5.43 Å². The van der Waals surface area contributed by atoms with Crippen LogP contribution in [-0.2, 0) is 4.79 Å². The summed E-state index contributed by atoms with van der Waals surface area (Å²) in [7, 11) is 0. The van der Waals surface area contributed by atoms with Crippen molar-refractivity contribution < 1.29 is 22.8 Å². The summed E-state index contributed by atoms with van der Waals surface area (Å²) in [5.41, 5.74) is 1.59. The van der Waals surface area contributed by atoms with E-state index in [-0.39, 0.29) is 5.56 Å². The zero-order valence-electron chi connectivity index (χ0n) is 12.7. The smallest absolute Gasteiger partial charge is 0.294 e. The van der Waals surface area contributed by atoms with Crippen molar-refractivity contribution >= 4 is 27.6 Å². The Balaban J connectivity index is 2.87. The van der Waals surface area contributed by atoms with Gasteiger partial charge in [-0.15, -0.1) is 0 Å². The normalized spacial score (nSPS) is 12.7. The van der Waals surface area contributed by atoms with Crippen LogP contribution < -0.4 is 10.9 Å². The van der Waals surface area contributed by atoms with Crippen molar-refractivity contribution in [2.24, 2.45) is 5.41 Å². The number of carbonyl (C=O) groups excluding carboxylic acids is 2. The summed E-state index contributed by atoms with van der Waals surface area (Å²) in [6.45, 7) is 4.50. The predicted molar refractivity (Wildman–Crippen MR) is 83.3 cm³/mol. The molecule has 0 spiro atoms. The van der Waals surface area contributed by atoms with Crippen LogP contribution in [-0.4, -0.2) is 17.9 Å². The first-order valence-electron chi connectivity index (χ1n) is 6.56. The Morgan fingerprint density at radius 3 is 2.00 bits per heavy atom. The summed E-state index contributed by atoms with van der Waals surface area (Å²) < 4.78 is 39.5. The number of ketones is 1. The maximum atomic E-state index is 12.9. The molecule has 0 heterocycles. The lowest BCUT2D eigenvalue weighted by Gasteiger charge is -2.18. The van der Waals surface area contributed by atoms with Gasteiger partial charge in [0.15, 0.2) is 5.78 Å². The monoisotopic (exact) mass is 392 g/mol. The fraction of sp³-hybridized carbons (Fsp3) is 0.333. The van der Waals surface area contributed by atoms with Crippen molar-refractivity contribution in [3.8, 4) is 0 Å². The van der Waals surface area contributed by atoms with Crippen LogP contribution >= 0.6 is 15.9 Å². The van der Waals surface area contributed by atoms with E-state index in [0.29, 0.717) is 6.08 Å². The van der Waals surface area contributed by atoms with Gasteiger partial charge in [-0.05, 0) is 24.3 Å². The van der Waals surface area contributed by atoms with E-state index in [1.54, 1.807) is 17.6 Å². The summed E-state index contributed by atoms with van der Waals surface area (Å²) in [4.78, 5) is 23.5. The maximum absolute atomic E-state index is 12.9. The summed E-state index contributed by atoms with van der Waals surface area (Å²) in [6.07, 6.45) is -4.35. The third-order valence-electron chi connectivity index (χ3n) is 2.74. The number of rotatable bonds is 4. The van der Waals surface area contributed by atoms with Crippen molar-refractivity contribution in [1.29, 1.82) is 0 Å². The maximum Gasteiger partial charge on any atom is 0.432 e. The molecule has 0 radical (unpaired) electrons. The Morgan fingerprint density at radius 2 is 1.57 bits per heavy atom. The Labute approximate surface area is 140 Å². The second-order valence-electron chi connectivity index (χ2n) is 5.76. The molecular weight excluding hydrogens is 377 g/mol. The average Bonchev–Trinajstić information content (AvgIpc) is 2.41. The number of benzene rings is 1. The van der Waals surface area contributed by atoms with Gasteiger partial charge in [0.2, 0.25) is 0 Å². The minimum absolute atomic E-state index is 0.171. The largest absolute Gasteiger partial charge is 0.432 e. The van der Waals surface area contributed by atoms with E-state index < -0.39 is 29.0 Å². The van der Waals surface area contributed by atoms with E-state index in [4.69, 9.17) is 0 Å². The summed E-state index contributed by atoms with van der Waals surface area (Å²) in [5, 5.41) is 0. The third-order valence-corrected chi connectivity index (χ3v) is 3.27. The fourth-order valence-corrected chi connectivity index (χ4v) is 1.60. The topological polar surface area (TPSA) is 58.2 Å². The van der Waals surface area contributed by atoms with Crippen molar-refractivity contribution in [3.05, 3.63) is 46.1 Å². The molecule has 2 N–H and O–H groups in total. The van der Waals surface area contributed by atoms with Crippen molar-refractivity contribution in [2.45, 2.75) is 26.9 Å². The zero-order valence-corrected chi connectivity index (χ0v) is 14.3. The molecule has 0 bridgehead atoms. The highest BCUT2D eigenvalue weighted by atomic mass is 79.9. The fourth-order valence-electron chi connectivity index (χ4n) is 1.33. The van der Waals surface area contributed by atoms with Gasteiger partial charge in [-0.1, -0.05) is 36.7 Å². The standard InChI is InChI=1S/C15H16BrF3N2O2/c1-14(2,3)12(22)8-11(15(17,18)19)20-21-13(23)9-4-6-10(16)7-5-9/h4-8,20H,1-3H3,(H,21,23)/b11-8+. The van der Waals surface area contributed by atoms with Crippen LogP contribution in [0.2, 0.25) is 0 Å². The van der Waals surface area contributed by atoms with E-state index in [2.05, 4.69) is 15.9 Å². The van der Waals surface area contributed by atoms with Crippen molar-refractivity contribution in [1.82, 2.24) is 10.9 Å². The number of hydrazine groups is 1. The van der Waals surface area contributed by atoms with Gasteiger partial charge in [-0.25, -0.2) is 0 Å². The van der Waals surface area contributed by atoms with Crippen molar-refractivity contribution in [3.63, 3.8) is 0 Å². The van der Waals surface area contributed by atoms with Crippen LogP contribution in [0.15, 0.2) is 40.5 Å². The Morgan fingerprint density at radius 1 is 1.04 bits per heavy atom. The number of amides is 1. The second kappa shape index (κ2) is 7.16. The summed E-state index contributed by atoms with van der Waals surface area (Å²) in [5.74, 6) is -1.47. The highest BCUT2D eigenvalue weighted by Gasteiger charge is 2.36. The molecule has 0 unspecified atom stereocenters. The van der Waals surface area contributed by atoms with Crippen molar-refractivity contribution in [2.75, 3.05) is 0 Å². The van der Waals surface area contributed by atoms with Crippen LogP contribution in [0.5, 0.6) is 0 Å². The molecule has 0 aromatic heterocycles. The molecule has 126 valence electrons. The first-order chi connectivity index (χ1) is 10.4. The lowest BCUT2D eigenvalue weighted by atomic mass is 9.90. The predicted octanol–water partition coefficient (Wildman–Crippen LogP) is 3.74. The molecule has 1 aromatic rings. The number of allylic oxidation sites excluding steroid dienone is 2. The lowest BCUT2D eigenvalue weighted by Crippen LogP contribution is -2.41. The molecular formula is C15H16BrF3N2O2. The summed E-state index contributed by atoms with van der Waals surface area (Å²) >= 11 is 3.19. The number of carbonyl (C=O) groups is 2. The summed E-state index contributed by atoms with van der Waals surface area (Å²) in [6, 6.07) is 6.05. The Bertz CT molecular complexity index is 617. The highest BCUT2D eigenvalue weighted by Crippen LogP contribution is 2.25. The molecule has 23 heavy (non-hydrogen) atoms. The highest BCUT2D eigenvalue weighted by molar-refractivity contribution is 9.10. The number of halogens is 4. The van der Waals surface area contributed by atoms with Crippen LogP contribution in [0.25, 0.3) is 0 Å². The number of alkyl halides is 3. The minimum Gasteiger partial charge on any atom is -0.294 e. The van der Waals surface area contributed by atoms with Gasteiger partial charge < -0.3 is 0 Å². The lowest BCUT2D eigenvalue weighted by molar-refractivity contribution is -0.123. The van der Waals surface area contributed by atoms with Gasteiger partial charge in [-0.2, -0.15) is 13.2 Å². The Hall–Kier alpha value is -1.83. The van der Waals surface area contributed by atoms with Crippen LogP contribution in [0, 0.1) is 5.41 Å². The Kier molecular flexibility index (Phi) is 5.98. The van der Waals surface area contributed by atoms with E-state index in [0.717, 1.165) is 4.47 Å². The molecule has 1 rings (SSSR count). The van der Waals surface area contributed by atoms with E-state index >= 15 is 0 Å². The molecule has 0 saturated heterocycles. The molecule has 0 saturated carbocycles. The molecule has 8 heteroatoms. The number of nitrogens with one attached hydrogen (secondary N) is 2. The first-order valence-corrected chi connectivity index (χ1v) is 7.36. The van der Waals surface area contributed by atoms with Crippen LogP contribution in [0.1, 0.15) is 31.1 Å². The quantitative estimate of drug-likeness (QED) is 0.605. The third kappa shape index (κ3) is 6.05. The average molecular weight is 393 g/mol. The SMILES string of the molecule is CC(C)(C)C(=O)/C=C(/NNC(=O)c1ccc(Br)cc1)C(F)(F)F. The molecule has 0 aliphatic rings. The second-order valence-corrected chi connectivity index (χ2v) is 6.67. The van der Waals surface area contributed by atoms with Crippen LogP contribution in [0.4, 0.5) is 13.2 Å². The van der Waals surface area contributed by atoms with Gasteiger partial charge in [0, 0.05) is 21.5 Å².